The molecule has 0 aliphatic carbocycles. The first kappa shape index (κ1) is 27.1. The average molecular weight is 468 g/mol. The van der Waals surface area contributed by atoms with Gasteiger partial charge in [-0.25, -0.2) is 0 Å². The van der Waals surface area contributed by atoms with Gasteiger partial charge in [0.25, 0.3) is 0 Å². The fraction of sp³-hybridized carbons (Fsp3) is 0.444. The van der Waals surface area contributed by atoms with Crippen LogP contribution in [0.3, 0.4) is 0 Å². The Hall–Kier alpha value is -3.19. The highest BCUT2D eigenvalue weighted by atomic mass is 16.5. The van der Waals surface area contributed by atoms with Crippen LogP contribution in [0, 0.1) is 0 Å². The first-order valence-electron chi connectivity index (χ1n) is 11.8. The average Bonchev–Trinajstić information content (AvgIpc) is 2.77. The molecule has 0 saturated heterocycles. The van der Waals surface area contributed by atoms with E-state index in [9.17, 15) is 14.4 Å². The highest BCUT2D eigenvalue weighted by Crippen LogP contribution is 2.15. The number of hydrogen-bond donors (Lipinski definition) is 3. The topological polar surface area (TPSA) is 96.5 Å². The Morgan fingerprint density at radius 2 is 1.41 bits per heavy atom. The van der Waals surface area contributed by atoms with Gasteiger partial charge in [-0.3, -0.25) is 14.4 Å². The summed E-state index contributed by atoms with van der Waals surface area (Å²) < 4.78 is 5.65. The predicted octanol–water partition coefficient (Wildman–Crippen LogP) is 2.82. The molecule has 0 bridgehead atoms. The second kappa shape index (κ2) is 13.5. The molecule has 184 valence electrons. The summed E-state index contributed by atoms with van der Waals surface area (Å²) in [5.74, 6) is -0.0554. The summed E-state index contributed by atoms with van der Waals surface area (Å²) in [7, 11) is 0. The number of carbonyl (C=O) groups is 3. The second-order valence-electron chi connectivity index (χ2n) is 9.02. The van der Waals surface area contributed by atoms with Gasteiger partial charge in [-0.15, -0.1) is 0 Å². The molecule has 3 N–H and O–H groups in total. The van der Waals surface area contributed by atoms with Crippen LogP contribution < -0.4 is 20.7 Å². The van der Waals surface area contributed by atoms with Crippen LogP contribution in [0.5, 0.6) is 5.75 Å². The molecule has 2 rings (SSSR count). The van der Waals surface area contributed by atoms with Crippen molar-refractivity contribution in [3.63, 3.8) is 0 Å². The minimum Gasteiger partial charge on any atom is -0.491 e. The van der Waals surface area contributed by atoms with Gasteiger partial charge in [-0.2, -0.15) is 0 Å². The standard InChI is InChI=1S/C27H37N3O4/c1-18(2)29-25(16-21-9-7-6-8-10-21)27(33)28-17-26(32)24(30-20(5)31)15-22-11-13-23(14-12-22)34-19(3)4/h6-14,18-19,24-25,29H,15-17H2,1-5H3,(H,28,33)(H,30,31)/t24-,25+/m1/s1. The van der Waals surface area contributed by atoms with E-state index in [0.29, 0.717) is 12.8 Å². The van der Waals surface area contributed by atoms with E-state index < -0.39 is 12.1 Å². The number of hydrogen-bond acceptors (Lipinski definition) is 5. The quantitative estimate of drug-likeness (QED) is 0.421. The van der Waals surface area contributed by atoms with Crippen LogP contribution in [0.4, 0.5) is 0 Å². The van der Waals surface area contributed by atoms with Crippen molar-refractivity contribution in [3.05, 3.63) is 65.7 Å². The maximum Gasteiger partial charge on any atom is 0.237 e. The molecule has 0 spiro atoms. The Morgan fingerprint density at radius 3 is 1.97 bits per heavy atom. The van der Waals surface area contributed by atoms with Crippen molar-refractivity contribution in [1.82, 2.24) is 16.0 Å². The number of Topliss-reactive ketones (excluding diaryl/α,β-unsaturated/α-hetero) is 1. The van der Waals surface area contributed by atoms with Gasteiger partial charge in [0.1, 0.15) is 5.75 Å². The number of amides is 2. The third-order valence-electron chi connectivity index (χ3n) is 5.07. The van der Waals surface area contributed by atoms with Crippen molar-refractivity contribution in [3.8, 4) is 5.75 Å². The van der Waals surface area contributed by atoms with Gasteiger partial charge in [-0.1, -0.05) is 56.3 Å². The fourth-order valence-electron chi connectivity index (χ4n) is 3.60. The van der Waals surface area contributed by atoms with Crippen LogP contribution in [-0.2, 0) is 27.2 Å². The van der Waals surface area contributed by atoms with E-state index in [0.717, 1.165) is 16.9 Å². The molecule has 0 unspecified atom stereocenters. The summed E-state index contributed by atoms with van der Waals surface area (Å²) in [6.45, 7) is 9.06. The zero-order valence-electron chi connectivity index (χ0n) is 20.8. The van der Waals surface area contributed by atoms with Crippen molar-refractivity contribution in [2.75, 3.05) is 6.54 Å². The van der Waals surface area contributed by atoms with Crippen LogP contribution in [0.15, 0.2) is 54.6 Å². The molecule has 0 fully saturated rings. The van der Waals surface area contributed by atoms with Crippen LogP contribution in [0.25, 0.3) is 0 Å². The molecule has 34 heavy (non-hydrogen) atoms. The Kier molecular flexibility index (Phi) is 10.7. The molecule has 0 heterocycles. The fourth-order valence-corrected chi connectivity index (χ4v) is 3.60. The molecule has 0 aromatic heterocycles. The Morgan fingerprint density at radius 1 is 0.824 bits per heavy atom. The van der Waals surface area contributed by atoms with Crippen LogP contribution in [0.1, 0.15) is 45.7 Å². The summed E-state index contributed by atoms with van der Waals surface area (Å²) in [6, 6.07) is 16.1. The van der Waals surface area contributed by atoms with Crippen molar-refractivity contribution >= 4 is 17.6 Å². The molecular weight excluding hydrogens is 430 g/mol. The lowest BCUT2D eigenvalue weighted by Crippen LogP contribution is -2.51. The summed E-state index contributed by atoms with van der Waals surface area (Å²) >= 11 is 0. The van der Waals surface area contributed by atoms with Gasteiger partial charge in [-0.05, 0) is 49.9 Å². The van der Waals surface area contributed by atoms with E-state index in [1.54, 1.807) is 0 Å². The molecule has 2 amide bonds. The number of ether oxygens (including phenoxy) is 1. The summed E-state index contributed by atoms with van der Waals surface area (Å²) in [4.78, 5) is 37.5. The van der Waals surface area contributed by atoms with Gasteiger partial charge in [0, 0.05) is 13.0 Å². The van der Waals surface area contributed by atoms with Gasteiger partial charge in [0.2, 0.25) is 11.8 Å². The molecule has 0 radical (unpaired) electrons. The molecule has 0 aliphatic heterocycles. The molecule has 2 atom stereocenters. The maximum atomic E-state index is 12.9. The minimum atomic E-state index is -0.736. The largest absolute Gasteiger partial charge is 0.491 e. The molecule has 0 saturated carbocycles. The Bertz CT molecular complexity index is 927. The molecule has 2 aromatic carbocycles. The molecule has 7 nitrogen and oxygen atoms in total. The van der Waals surface area contributed by atoms with E-state index in [1.807, 2.05) is 82.3 Å². The van der Waals surface area contributed by atoms with Gasteiger partial charge >= 0.3 is 0 Å². The van der Waals surface area contributed by atoms with Crippen molar-refractivity contribution in [2.24, 2.45) is 0 Å². The van der Waals surface area contributed by atoms with E-state index in [1.165, 1.54) is 6.92 Å². The number of ketones is 1. The normalized spacial score (nSPS) is 12.8. The number of carbonyl (C=O) groups excluding carboxylic acids is 3. The van der Waals surface area contributed by atoms with Crippen molar-refractivity contribution < 1.29 is 19.1 Å². The van der Waals surface area contributed by atoms with E-state index in [4.69, 9.17) is 4.74 Å². The van der Waals surface area contributed by atoms with E-state index in [-0.39, 0.29) is 36.3 Å². The third kappa shape index (κ3) is 9.75. The lowest BCUT2D eigenvalue weighted by atomic mass is 10.0. The molecule has 7 heteroatoms. The zero-order chi connectivity index (χ0) is 25.1. The second-order valence-corrected chi connectivity index (χ2v) is 9.02. The highest BCUT2D eigenvalue weighted by molar-refractivity contribution is 5.93. The zero-order valence-corrected chi connectivity index (χ0v) is 20.8. The molecule has 2 aromatic rings. The first-order valence-corrected chi connectivity index (χ1v) is 11.8. The maximum absolute atomic E-state index is 12.9. The number of benzene rings is 2. The molecule has 0 aliphatic rings. The smallest absolute Gasteiger partial charge is 0.237 e. The lowest BCUT2D eigenvalue weighted by molar-refractivity contribution is -0.128. The molecular formula is C27H37N3O4. The summed E-state index contributed by atoms with van der Waals surface area (Å²) in [5.41, 5.74) is 1.92. The summed E-state index contributed by atoms with van der Waals surface area (Å²) in [5, 5.41) is 8.74. The third-order valence-corrected chi connectivity index (χ3v) is 5.07. The van der Waals surface area contributed by atoms with Gasteiger partial charge in [0.05, 0.1) is 24.7 Å². The SMILES string of the molecule is CC(=O)N[C@H](Cc1ccc(OC(C)C)cc1)C(=O)CNC(=O)[C@H](Cc1ccccc1)NC(C)C. The minimum absolute atomic E-state index is 0.0686. The first-order chi connectivity index (χ1) is 16.1. The predicted molar refractivity (Wildman–Crippen MR) is 134 cm³/mol. The Labute approximate surface area is 202 Å². The van der Waals surface area contributed by atoms with Gasteiger partial charge in [0.15, 0.2) is 5.78 Å². The van der Waals surface area contributed by atoms with E-state index >= 15 is 0 Å². The summed E-state index contributed by atoms with van der Waals surface area (Å²) in [6.07, 6.45) is 0.909. The monoisotopic (exact) mass is 467 g/mol. The lowest BCUT2D eigenvalue weighted by Gasteiger charge is -2.22. The van der Waals surface area contributed by atoms with Crippen LogP contribution in [0.2, 0.25) is 0 Å². The van der Waals surface area contributed by atoms with Crippen molar-refractivity contribution in [1.29, 1.82) is 0 Å². The van der Waals surface area contributed by atoms with Crippen LogP contribution >= 0.6 is 0 Å². The number of rotatable bonds is 13. The number of nitrogens with one attached hydrogen (secondary N) is 3. The Balaban J connectivity index is 2.01. The van der Waals surface area contributed by atoms with Crippen LogP contribution in [-0.4, -0.2) is 48.4 Å². The highest BCUT2D eigenvalue weighted by Gasteiger charge is 2.24. The van der Waals surface area contributed by atoms with Gasteiger partial charge < -0.3 is 20.7 Å². The van der Waals surface area contributed by atoms with Crippen molar-refractivity contribution in [2.45, 2.75) is 71.7 Å². The van der Waals surface area contributed by atoms with E-state index in [2.05, 4.69) is 16.0 Å².